The van der Waals surface area contributed by atoms with Crippen LogP contribution < -0.4 is 0 Å². The van der Waals surface area contributed by atoms with E-state index in [4.69, 9.17) is 37.0 Å². The van der Waals surface area contributed by atoms with Crippen molar-refractivity contribution in [2.45, 2.75) is 419 Å². The van der Waals surface area contributed by atoms with Gasteiger partial charge in [-0.25, -0.2) is 9.13 Å². The molecule has 96 heavy (non-hydrogen) atoms. The minimum atomic E-state index is -4.96. The Labute approximate surface area is 588 Å². The molecule has 570 valence electrons. The summed E-state index contributed by atoms with van der Waals surface area (Å²) < 4.78 is 68.5. The summed E-state index contributed by atoms with van der Waals surface area (Å²) in [5, 5.41) is 10.6. The fourth-order valence-corrected chi connectivity index (χ4v) is 13.4. The molecule has 0 fully saturated rings. The molecule has 0 saturated carbocycles. The first-order valence-electron chi connectivity index (χ1n) is 40.0. The first-order valence-corrected chi connectivity index (χ1v) is 43.0. The van der Waals surface area contributed by atoms with Crippen molar-refractivity contribution >= 4 is 39.5 Å². The van der Waals surface area contributed by atoms with Gasteiger partial charge >= 0.3 is 39.5 Å². The Morgan fingerprint density at radius 3 is 0.792 bits per heavy atom. The topological polar surface area (TPSA) is 237 Å². The van der Waals surface area contributed by atoms with Crippen molar-refractivity contribution in [1.82, 2.24) is 0 Å². The van der Waals surface area contributed by atoms with Gasteiger partial charge < -0.3 is 33.8 Å². The van der Waals surface area contributed by atoms with Gasteiger partial charge in [0.15, 0.2) is 12.2 Å². The summed E-state index contributed by atoms with van der Waals surface area (Å²) in [4.78, 5) is 72.7. The summed E-state index contributed by atoms with van der Waals surface area (Å²) >= 11 is 0. The van der Waals surface area contributed by atoms with E-state index in [0.717, 1.165) is 102 Å². The Morgan fingerprint density at radius 1 is 0.302 bits per heavy atom. The number of aliphatic hydroxyl groups excluding tert-OH is 1. The maximum absolute atomic E-state index is 13.1. The number of carbonyl (C=O) groups is 4. The number of phosphoric acid groups is 2. The maximum atomic E-state index is 13.1. The molecule has 0 aliphatic heterocycles. The van der Waals surface area contributed by atoms with Crippen LogP contribution in [0.1, 0.15) is 401 Å². The molecule has 0 heterocycles. The minimum absolute atomic E-state index is 0.106. The average Bonchev–Trinajstić information content (AvgIpc) is 2.27. The van der Waals surface area contributed by atoms with Crippen molar-refractivity contribution in [2.75, 3.05) is 39.6 Å². The standard InChI is InChI=1S/C77H150O17P2/c1-7-10-12-14-16-18-20-21-22-23-24-25-26-31-34-38-42-50-56-62-77(82)93-72(65-87-74(79)59-53-47-40-37-33-30-28-27-29-32-35-39-46-52-58-70(6)9-3)67-91-95(83,84)89-63-71(78)64-90-96(85,86)92-68-73(66-88-75(80)60-54-48-44-43-45-51-57-69(4)5)94-76(81)61-55-49-41-36-19-17-15-13-11-8-2/h69-73,78H,7-68H2,1-6H3,(H,83,84)(H,85,86)/t70?,71-,72-,73-/m1/s1. The zero-order chi connectivity index (χ0) is 70.7. The Morgan fingerprint density at radius 2 is 0.531 bits per heavy atom. The van der Waals surface area contributed by atoms with Gasteiger partial charge in [0.05, 0.1) is 26.4 Å². The third kappa shape index (κ3) is 69.2. The number of phosphoric ester groups is 2. The normalized spacial score (nSPS) is 14.3. The van der Waals surface area contributed by atoms with Crippen LogP contribution in [-0.2, 0) is 65.4 Å². The van der Waals surface area contributed by atoms with E-state index >= 15 is 0 Å². The van der Waals surface area contributed by atoms with E-state index in [9.17, 15) is 43.2 Å². The number of ether oxygens (including phenoxy) is 4. The van der Waals surface area contributed by atoms with E-state index in [-0.39, 0.29) is 25.7 Å². The Balaban J connectivity index is 5.20. The number of carbonyl (C=O) groups excluding carboxylic acids is 4. The van der Waals surface area contributed by atoms with Crippen molar-refractivity contribution in [3.8, 4) is 0 Å². The maximum Gasteiger partial charge on any atom is 0.472 e. The molecule has 0 aromatic rings. The monoisotopic (exact) mass is 1410 g/mol. The van der Waals surface area contributed by atoms with E-state index < -0.39 is 97.5 Å². The minimum Gasteiger partial charge on any atom is -0.462 e. The SMILES string of the molecule is CCCCCCCCCCCCCCCCCCCCCC(=O)O[C@H](COC(=O)CCCCCCCCCCCCCCCCC(C)CC)COP(=O)(O)OC[C@@H](O)COP(=O)(O)OC[C@@H](COC(=O)CCCCCCCCC(C)C)OC(=O)CCCCCCCCCCCC. The first-order chi connectivity index (χ1) is 46.4. The average molecular weight is 1410 g/mol. The predicted molar refractivity (Wildman–Crippen MR) is 391 cm³/mol. The molecule has 0 aliphatic carbocycles. The lowest BCUT2D eigenvalue weighted by Crippen LogP contribution is -2.30. The molecule has 6 atom stereocenters. The summed E-state index contributed by atoms with van der Waals surface area (Å²) in [5.74, 6) is -0.587. The van der Waals surface area contributed by atoms with Crippen LogP contribution in [0.15, 0.2) is 0 Å². The summed E-state index contributed by atoms with van der Waals surface area (Å²) in [6, 6.07) is 0. The molecule has 0 aromatic heterocycles. The molecular formula is C77H150O17P2. The molecule has 0 radical (unpaired) electrons. The second-order valence-electron chi connectivity index (χ2n) is 28.5. The van der Waals surface area contributed by atoms with Crippen LogP contribution in [0.3, 0.4) is 0 Å². The zero-order valence-corrected chi connectivity index (χ0v) is 64.5. The molecule has 3 N–H and O–H groups in total. The molecule has 19 heteroatoms. The lowest BCUT2D eigenvalue weighted by atomic mass is 9.99. The summed E-state index contributed by atoms with van der Waals surface area (Å²) in [5.41, 5.74) is 0. The third-order valence-electron chi connectivity index (χ3n) is 18.3. The number of esters is 4. The van der Waals surface area contributed by atoms with Crippen LogP contribution in [0.4, 0.5) is 0 Å². The van der Waals surface area contributed by atoms with Gasteiger partial charge in [-0.1, -0.05) is 350 Å². The van der Waals surface area contributed by atoms with Gasteiger partial charge in [0.2, 0.25) is 0 Å². The number of hydrogen-bond acceptors (Lipinski definition) is 15. The van der Waals surface area contributed by atoms with E-state index in [0.29, 0.717) is 31.6 Å². The highest BCUT2D eigenvalue weighted by atomic mass is 31.2. The van der Waals surface area contributed by atoms with Gasteiger partial charge in [-0.15, -0.1) is 0 Å². The molecule has 0 aliphatic rings. The molecule has 0 amide bonds. The van der Waals surface area contributed by atoms with Crippen molar-refractivity contribution in [3.63, 3.8) is 0 Å². The van der Waals surface area contributed by atoms with Crippen LogP contribution in [0.25, 0.3) is 0 Å². The van der Waals surface area contributed by atoms with E-state index in [2.05, 4.69) is 41.5 Å². The Hall–Kier alpha value is -1.94. The van der Waals surface area contributed by atoms with Crippen LogP contribution in [-0.4, -0.2) is 96.7 Å². The molecular weight excluding hydrogens is 1260 g/mol. The molecule has 3 unspecified atom stereocenters. The summed E-state index contributed by atoms with van der Waals surface area (Å²) in [6.07, 6.45) is 57.1. The molecule has 0 aromatic carbocycles. The number of rotatable bonds is 76. The van der Waals surface area contributed by atoms with Crippen molar-refractivity contribution in [2.24, 2.45) is 11.8 Å². The van der Waals surface area contributed by atoms with Gasteiger partial charge in [-0.3, -0.25) is 37.3 Å². The third-order valence-corrected chi connectivity index (χ3v) is 20.2. The van der Waals surface area contributed by atoms with Gasteiger partial charge in [-0.05, 0) is 37.5 Å². The van der Waals surface area contributed by atoms with Crippen LogP contribution in [0.5, 0.6) is 0 Å². The van der Waals surface area contributed by atoms with Gasteiger partial charge in [0.25, 0.3) is 0 Å². The predicted octanol–water partition coefficient (Wildman–Crippen LogP) is 22.7. The van der Waals surface area contributed by atoms with Crippen molar-refractivity contribution in [1.29, 1.82) is 0 Å². The van der Waals surface area contributed by atoms with Crippen LogP contribution in [0.2, 0.25) is 0 Å². The van der Waals surface area contributed by atoms with E-state index in [1.807, 2.05) is 0 Å². The highest BCUT2D eigenvalue weighted by Crippen LogP contribution is 2.45. The lowest BCUT2D eigenvalue weighted by Gasteiger charge is -2.21. The highest BCUT2D eigenvalue weighted by Gasteiger charge is 2.30. The number of hydrogen-bond donors (Lipinski definition) is 3. The second-order valence-corrected chi connectivity index (χ2v) is 31.4. The molecule has 0 rings (SSSR count). The molecule has 0 spiro atoms. The van der Waals surface area contributed by atoms with Crippen molar-refractivity contribution in [3.05, 3.63) is 0 Å². The van der Waals surface area contributed by atoms with E-state index in [1.54, 1.807) is 0 Å². The molecule has 0 bridgehead atoms. The fraction of sp³-hybridized carbons (Fsp3) is 0.948. The van der Waals surface area contributed by atoms with Crippen LogP contribution >= 0.6 is 15.6 Å². The number of unbranched alkanes of at least 4 members (excludes halogenated alkanes) is 45. The van der Waals surface area contributed by atoms with Gasteiger partial charge in [-0.2, -0.15) is 0 Å². The quantitative estimate of drug-likeness (QED) is 0.0222. The largest absolute Gasteiger partial charge is 0.472 e. The Bertz CT molecular complexity index is 1860. The second kappa shape index (κ2) is 68.8. The first kappa shape index (κ1) is 94.1. The fourth-order valence-electron chi connectivity index (χ4n) is 11.8. The smallest absolute Gasteiger partial charge is 0.462 e. The summed E-state index contributed by atoms with van der Waals surface area (Å²) in [7, 11) is -9.91. The van der Waals surface area contributed by atoms with Gasteiger partial charge in [0, 0.05) is 25.7 Å². The highest BCUT2D eigenvalue weighted by molar-refractivity contribution is 7.47. The lowest BCUT2D eigenvalue weighted by molar-refractivity contribution is -0.161. The van der Waals surface area contributed by atoms with Gasteiger partial charge in [0.1, 0.15) is 19.3 Å². The Kier molecular flexibility index (Phi) is 67.4. The number of aliphatic hydroxyl groups is 1. The van der Waals surface area contributed by atoms with Crippen LogP contribution in [0, 0.1) is 11.8 Å². The molecule has 17 nitrogen and oxygen atoms in total. The zero-order valence-electron chi connectivity index (χ0n) is 62.7. The molecule has 0 saturated heterocycles. The van der Waals surface area contributed by atoms with E-state index in [1.165, 1.54) is 212 Å². The van der Waals surface area contributed by atoms with Crippen molar-refractivity contribution < 1.29 is 80.2 Å². The summed E-state index contributed by atoms with van der Waals surface area (Å²) in [6.45, 7) is 9.56.